The Balaban J connectivity index is 1.47. The first kappa shape index (κ1) is 30.9. The fourth-order valence-electron chi connectivity index (χ4n) is 3.17. The molecule has 0 aliphatic heterocycles. The molecule has 0 unspecified atom stereocenters. The van der Waals surface area contributed by atoms with Gasteiger partial charge in [-0.25, -0.2) is 24.2 Å². The normalized spacial score (nSPS) is 10.1. The summed E-state index contributed by atoms with van der Waals surface area (Å²) in [6.07, 6.45) is 3.94. The minimum Gasteiger partial charge on any atom is -0.461 e. The van der Waals surface area contributed by atoms with Crippen molar-refractivity contribution in [2.45, 2.75) is 13.2 Å². The van der Waals surface area contributed by atoms with Crippen molar-refractivity contribution in [1.29, 1.82) is 0 Å². The summed E-state index contributed by atoms with van der Waals surface area (Å²) in [7, 11) is 0. The lowest BCUT2D eigenvalue weighted by molar-refractivity contribution is -0.138. The van der Waals surface area contributed by atoms with Crippen molar-refractivity contribution >= 4 is 24.1 Å². The van der Waals surface area contributed by atoms with Gasteiger partial charge in [0, 0.05) is 35.7 Å². The molecule has 0 fully saturated rings. The van der Waals surface area contributed by atoms with E-state index in [9.17, 15) is 19.2 Å². The van der Waals surface area contributed by atoms with E-state index in [1.54, 1.807) is 36.7 Å². The number of esters is 2. The lowest BCUT2D eigenvalue weighted by atomic mass is 10.1. The summed E-state index contributed by atoms with van der Waals surface area (Å²) in [6, 6.07) is 12.5. The fraction of sp³-hybridized carbons (Fsp3) is 0.207. The summed E-state index contributed by atoms with van der Waals surface area (Å²) in [5, 5.41) is 4.94. The van der Waals surface area contributed by atoms with Crippen molar-refractivity contribution < 1.29 is 38.1 Å². The highest BCUT2D eigenvalue weighted by atomic mass is 16.6. The van der Waals surface area contributed by atoms with Crippen LogP contribution in [0.4, 0.5) is 9.59 Å². The molecule has 3 rings (SSSR count). The predicted molar refractivity (Wildman–Crippen MR) is 149 cm³/mol. The first-order valence-corrected chi connectivity index (χ1v) is 12.6. The molecule has 0 saturated heterocycles. The van der Waals surface area contributed by atoms with E-state index in [1.807, 2.05) is 18.2 Å². The molecule has 42 heavy (non-hydrogen) atoms. The Bertz CT molecular complexity index is 1290. The highest BCUT2D eigenvalue weighted by molar-refractivity contribution is 5.81. The third-order valence-electron chi connectivity index (χ3n) is 5.23. The summed E-state index contributed by atoms with van der Waals surface area (Å²) in [5.41, 5.74) is 3.82. The molecular weight excluding hydrogens is 546 g/mol. The van der Waals surface area contributed by atoms with Gasteiger partial charge in [-0.2, -0.15) is 0 Å². The molecule has 3 aromatic heterocycles. The summed E-state index contributed by atoms with van der Waals surface area (Å²) in [4.78, 5) is 59.0. The van der Waals surface area contributed by atoms with Gasteiger partial charge in [0.15, 0.2) is 0 Å². The van der Waals surface area contributed by atoms with Gasteiger partial charge in [0.25, 0.3) is 0 Å². The van der Waals surface area contributed by atoms with E-state index in [-0.39, 0.29) is 39.5 Å². The Labute approximate surface area is 241 Å². The lowest BCUT2D eigenvalue weighted by Gasteiger charge is -2.09. The predicted octanol–water partition coefficient (Wildman–Crippen LogP) is 3.12. The van der Waals surface area contributed by atoms with Gasteiger partial charge in [-0.05, 0) is 24.3 Å². The molecular formula is C29H29N5O8. The maximum atomic E-state index is 11.8. The van der Waals surface area contributed by atoms with E-state index in [1.165, 1.54) is 0 Å². The number of alkyl carbamates (subject to hydrolysis) is 2. The van der Waals surface area contributed by atoms with Gasteiger partial charge in [0.1, 0.15) is 26.4 Å². The molecule has 3 heterocycles. The van der Waals surface area contributed by atoms with E-state index >= 15 is 0 Å². The number of nitrogens with one attached hydrogen (secondary N) is 2. The molecule has 0 bridgehead atoms. The number of hydrogen-bond donors (Lipinski definition) is 2. The monoisotopic (exact) mass is 575 g/mol. The van der Waals surface area contributed by atoms with Crippen LogP contribution in [0.15, 0.2) is 80.2 Å². The zero-order valence-corrected chi connectivity index (χ0v) is 22.6. The second kappa shape index (κ2) is 16.5. The van der Waals surface area contributed by atoms with Crippen LogP contribution in [0.2, 0.25) is 0 Å². The number of carbonyl (C=O) groups is 4. The molecule has 13 heteroatoms. The summed E-state index contributed by atoms with van der Waals surface area (Å²) >= 11 is 0. The fourth-order valence-corrected chi connectivity index (χ4v) is 3.17. The van der Waals surface area contributed by atoms with Crippen molar-refractivity contribution in [3.8, 4) is 22.8 Å². The maximum absolute atomic E-state index is 11.8. The molecule has 218 valence electrons. The van der Waals surface area contributed by atoms with Crippen LogP contribution >= 0.6 is 0 Å². The Kier molecular flexibility index (Phi) is 12.2. The molecule has 0 atom stereocenters. The maximum Gasteiger partial charge on any atom is 0.407 e. The number of hydrogen-bond acceptors (Lipinski definition) is 11. The van der Waals surface area contributed by atoms with E-state index < -0.39 is 24.1 Å². The number of ether oxygens (including phenoxy) is 4. The van der Waals surface area contributed by atoms with Crippen LogP contribution in [0.1, 0.15) is 11.1 Å². The Morgan fingerprint density at radius 1 is 0.643 bits per heavy atom. The van der Waals surface area contributed by atoms with Crippen molar-refractivity contribution in [2.24, 2.45) is 0 Å². The molecule has 0 aliphatic rings. The van der Waals surface area contributed by atoms with Crippen molar-refractivity contribution in [3.05, 3.63) is 91.3 Å². The minimum absolute atomic E-state index is 0.00578. The van der Waals surface area contributed by atoms with Gasteiger partial charge in [0.05, 0.1) is 35.9 Å². The smallest absolute Gasteiger partial charge is 0.407 e. The van der Waals surface area contributed by atoms with E-state index in [0.29, 0.717) is 33.9 Å². The molecule has 0 aliphatic carbocycles. The van der Waals surface area contributed by atoms with Gasteiger partial charge in [-0.3, -0.25) is 9.97 Å². The number of pyridine rings is 3. The summed E-state index contributed by atoms with van der Waals surface area (Å²) in [5.74, 6) is -1.14. The highest BCUT2D eigenvalue weighted by Gasteiger charge is 2.09. The zero-order chi connectivity index (χ0) is 30.2. The average Bonchev–Trinajstić information content (AvgIpc) is 3.03. The Hall–Kier alpha value is -5.59. The average molecular weight is 576 g/mol. The van der Waals surface area contributed by atoms with Crippen LogP contribution < -0.4 is 10.6 Å². The first-order valence-electron chi connectivity index (χ1n) is 12.6. The second-order valence-corrected chi connectivity index (χ2v) is 8.26. The van der Waals surface area contributed by atoms with Crippen LogP contribution in [0, 0.1) is 0 Å². The van der Waals surface area contributed by atoms with Gasteiger partial charge in [-0.15, -0.1) is 0 Å². The summed E-state index contributed by atoms with van der Waals surface area (Å²) < 4.78 is 19.8. The van der Waals surface area contributed by atoms with Crippen LogP contribution in [-0.4, -0.2) is 65.4 Å². The van der Waals surface area contributed by atoms with Crippen molar-refractivity contribution in [1.82, 2.24) is 25.6 Å². The molecule has 0 saturated carbocycles. The molecule has 2 amide bonds. The van der Waals surface area contributed by atoms with Gasteiger partial charge < -0.3 is 29.6 Å². The molecule has 13 nitrogen and oxygen atoms in total. The third kappa shape index (κ3) is 10.5. The quantitative estimate of drug-likeness (QED) is 0.125. The SMILES string of the molecule is C=CC(=O)OCCNC(=O)OCc1ccc(-c2cccc(-c3ccc(COC(=O)NCCOC(=O)C=C)cn3)n2)nc1. The number of aromatic nitrogens is 3. The molecule has 2 N–H and O–H groups in total. The topological polar surface area (TPSA) is 168 Å². The van der Waals surface area contributed by atoms with Gasteiger partial charge in [0.2, 0.25) is 0 Å². The molecule has 0 radical (unpaired) electrons. The second-order valence-electron chi connectivity index (χ2n) is 8.26. The number of rotatable bonds is 14. The largest absolute Gasteiger partial charge is 0.461 e. The van der Waals surface area contributed by atoms with Gasteiger partial charge in [-0.1, -0.05) is 31.4 Å². The first-order chi connectivity index (χ1) is 20.4. The van der Waals surface area contributed by atoms with Crippen molar-refractivity contribution in [3.63, 3.8) is 0 Å². The Morgan fingerprint density at radius 3 is 1.48 bits per heavy atom. The van der Waals surface area contributed by atoms with Gasteiger partial charge >= 0.3 is 24.1 Å². The molecule has 0 spiro atoms. The van der Waals surface area contributed by atoms with E-state index in [0.717, 1.165) is 12.2 Å². The third-order valence-corrected chi connectivity index (χ3v) is 5.23. The van der Waals surface area contributed by atoms with E-state index in [2.05, 4.69) is 38.7 Å². The van der Waals surface area contributed by atoms with Crippen LogP contribution in [0.5, 0.6) is 0 Å². The lowest BCUT2D eigenvalue weighted by Crippen LogP contribution is -2.28. The summed E-state index contributed by atoms with van der Waals surface area (Å²) in [6.45, 7) is 6.81. The highest BCUT2D eigenvalue weighted by Crippen LogP contribution is 2.21. The van der Waals surface area contributed by atoms with Crippen LogP contribution in [0.25, 0.3) is 22.8 Å². The number of carbonyl (C=O) groups excluding carboxylic acids is 4. The van der Waals surface area contributed by atoms with E-state index in [4.69, 9.17) is 18.9 Å². The van der Waals surface area contributed by atoms with Crippen LogP contribution in [-0.2, 0) is 41.8 Å². The zero-order valence-electron chi connectivity index (χ0n) is 22.6. The standard InChI is InChI=1S/C29H29N5O8/c1-3-26(35)39-14-12-30-28(37)41-18-20-8-10-22(32-16-20)24-6-5-7-25(34-24)23-11-9-21(17-33-23)19-42-29(38)31-13-15-40-27(36)4-2/h3-11,16-17H,1-2,12-15,18-19H2,(H,30,37)(H,31,38). The van der Waals surface area contributed by atoms with Crippen LogP contribution in [0.3, 0.4) is 0 Å². The molecule has 3 aromatic rings. The minimum atomic E-state index is -0.653. The van der Waals surface area contributed by atoms with Crippen molar-refractivity contribution in [2.75, 3.05) is 26.3 Å². The number of nitrogens with zero attached hydrogens (tertiary/aromatic N) is 3. The number of amides is 2. The molecule has 0 aromatic carbocycles. The Morgan fingerprint density at radius 2 is 1.10 bits per heavy atom.